The number of aromatic nitrogens is 1. The first-order valence-electron chi connectivity index (χ1n) is 7.53. The van der Waals surface area contributed by atoms with E-state index in [2.05, 4.69) is 11.1 Å². The second-order valence-corrected chi connectivity index (χ2v) is 6.03. The van der Waals surface area contributed by atoms with Crippen molar-refractivity contribution in [1.82, 2.24) is 4.98 Å². The molecule has 0 amide bonds. The van der Waals surface area contributed by atoms with E-state index in [1.54, 1.807) is 7.11 Å². The van der Waals surface area contributed by atoms with E-state index in [9.17, 15) is 5.26 Å². The van der Waals surface area contributed by atoms with Gasteiger partial charge in [0.2, 0.25) is 0 Å². The molecule has 0 N–H and O–H groups in total. The Labute approximate surface area is 144 Å². The van der Waals surface area contributed by atoms with Gasteiger partial charge in [0, 0.05) is 0 Å². The molecule has 2 aromatic carbocycles. The van der Waals surface area contributed by atoms with Crippen molar-refractivity contribution in [2.45, 2.75) is 6.92 Å². The summed E-state index contributed by atoms with van der Waals surface area (Å²) in [6.45, 7) is 2.49. The average molecular weight is 336 g/mol. The predicted octanol–water partition coefficient (Wildman–Crippen LogP) is 4.77. The maximum Gasteiger partial charge on any atom is 0.161 e. The summed E-state index contributed by atoms with van der Waals surface area (Å²) >= 11 is 1.51. The third kappa shape index (κ3) is 3.24. The quantitative estimate of drug-likeness (QED) is 0.630. The monoisotopic (exact) mass is 336 g/mol. The highest BCUT2D eigenvalue weighted by atomic mass is 32.1. The van der Waals surface area contributed by atoms with E-state index < -0.39 is 0 Å². The molecule has 0 aliphatic heterocycles. The maximum atomic E-state index is 9.52. The summed E-state index contributed by atoms with van der Waals surface area (Å²) in [5.41, 5.74) is 2.30. The molecule has 0 bridgehead atoms. The first-order chi connectivity index (χ1) is 11.7. The van der Waals surface area contributed by atoms with Gasteiger partial charge in [-0.1, -0.05) is 18.2 Å². The van der Waals surface area contributed by atoms with E-state index in [-0.39, 0.29) is 0 Å². The molecule has 1 aromatic heterocycles. The molecule has 0 fully saturated rings. The van der Waals surface area contributed by atoms with Crippen LogP contribution in [-0.2, 0) is 0 Å². The Hall–Kier alpha value is -2.84. The smallest absolute Gasteiger partial charge is 0.161 e. The summed E-state index contributed by atoms with van der Waals surface area (Å²) in [4.78, 5) is 4.54. The van der Waals surface area contributed by atoms with Gasteiger partial charge in [0.1, 0.15) is 11.1 Å². The van der Waals surface area contributed by atoms with Crippen LogP contribution in [0.4, 0.5) is 0 Å². The molecular weight excluding hydrogens is 320 g/mol. The molecule has 5 heteroatoms. The Morgan fingerprint density at radius 1 is 1.25 bits per heavy atom. The van der Waals surface area contributed by atoms with Crippen molar-refractivity contribution >= 4 is 33.2 Å². The lowest BCUT2D eigenvalue weighted by Crippen LogP contribution is -1.95. The van der Waals surface area contributed by atoms with E-state index >= 15 is 0 Å². The Balaban J connectivity index is 2.00. The fourth-order valence-electron chi connectivity index (χ4n) is 2.34. The number of fused-ring (bicyclic) bond motifs is 1. The van der Waals surface area contributed by atoms with E-state index in [1.165, 1.54) is 11.3 Å². The topological polar surface area (TPSA) is 55.1 Å². The van der Waals surface area contributed by atoms with Crippen molar-refractivity contribution in [2.24, 2.45) is 0 Å². The van der Waals surface area contributed by atoms with Crippen molar-refractivity contribution in [2.75, 3.05) is 13.7 Å². The number of ether oxygens (including phenoxy) is 2. The lowest BCUT2D eigenvalue weighted by Gasteiger charge is -2.09. The molecule has 4 nitrogen and oxygen atoms in total. The molecule has 0 atom stereocenters. The van der Waals surface area contributed by atoms with Gasteiger partial charge in [-0.25, -0.2) is 4.98 Å². The van der Waals surface area contributed by atoms with Crippen molar-refractivity contribution in [3.63, 3.8) is 0 Å². The summed E-state index contributed by atoms with van der Waals surface area (Å²) < 4.78 is 11.9. The van der Waals surface area contributed by atoms with Crippen LogP contribution >= 0.6 is 11.3 Å². The number of hydrogen-bond donors (Lipinski definition) is 0. The summed E-state index contributed by atoms with van der Waals surface area (Å²) in [6, 6.07) is 15.7. The highest BCUT2D eigenvalue weighted by Gasteiger charge is 2.10. The minimum absolute atomic E-state index is 0.530. The number of para-hydroxylation sites is 1. The Kier molecular flexibility index (Phi) is 4.78. The van der Waals surface area contributed by atoms with E-state index in [0.29, 0.717) is 28.7 Å². The van der Waals surface area contributed by atoms with Gasteiger partial charge in [-0.05, 0) is 42.8 Å². The van der Waals surface area contributed by atoms with Gasteiger partial charge in [-0.3, -0.25) is 0 Å². The summed E-state index contributed by atoms with van der Waals surface area (Å²) in [6.07, 6.45) is 1.82. The molecule has 0 saturated heterocycles. The second-order valence-electron chi connectivity index (χ2n) is 5.00. The first-order valence-corrected chi connectivity index (χ1v) is 8.35. The number of methoxy groups -OCH3 is 1. The summed E-state index contributed by atoms with van der Waals surface area (Å²) in [5.74, 6) is 1.34. The molecule has 3 rings (SSSR count). The Morgan fingerprint density at radius 3 is 2.79 bits per heavy atom. The van der Waals surface area contributed by atoms with E-state index in [1.807, 2.05) is 55.5 Å². The molecule has 0 unspecified atom stereocenters. The molecule has 24 heavy (non-hydrogen) atoms. The highest BCUT2D eigenvalue weighted by molar-refractivity contribution is 7.19. The Bertz CT molecular complexity index is 905. The SMILES string of the molecule is CCOc1ccc(C=C(C#N)c2nc3ccccc3s2)cc1OC. The van der Waals surface area contributed by atoms with Crippen molar-refractivity contribution in [1.29, 1.82) is 5.26 Å². The molecule has 0 aliphatic carbocycles. The number of rotatable bonds is 5. The fraction of sp³-hybridized carbons (Fsp3) is 0.158. The zero-order valence-electron chi connectivity index (χ0n) is 13.4. The molecule has 1 heterocycles. The van der Waals surface area contributed by atoms with Gasteiger partial charge in [-0.15, -0.1) is 11.3 Å². The lowest BCUT2D eigenvalue weighted by molar-refractivity contribution is 0.311. The molecule has 3 aromatic rings. The third-order valence-corrected chi connectivity index (χ3v) is 4.51. The number of nitriles is 1. The van der Waals surface area contributed by atoms with Crippen LogP contribution < -0.4 is 9.47 Å². The number of allylic oxidation sites excluding steroid dienone is 1. The predicted molar refractivity (Wildman–Crippen MR) is 97.3 cm³/mol. The number of nitrogens with zero attached hydrogens (tertiary/aromatic N) is 2. The van der Waals surface area contributed by atoms with Gasteiger partial charge >= 0.3 is 0 Å². The van der Waals surface area contributed by atoms with Crippen LogP contribution in [0.15, 0.2) is 42.5 Å². The largest absolute Gasteiger partial charge is 0.493 e. The first kappa shape index (κ1) is 16.0. The van der Waals surface area contributed by atoms with E-state index in [0.717, 1.165) is 15.8 Å². The third-order valence-electron chi connectivity index (χ3n) is 3.44. The lowest BCUT2D eigenvalue weighted by atomic mass is 10.1. The standard InChI is InChI=1S/C19H16N2O2S/c1-3-23-16-9-8-13(11-17(16)22-2)10-14(12-20)19-21-15-6-4-5-7-18(15)24-19/h4-11H,3H2,1-2H3. The normalized spacial score (nSPS) is 11.3. The Morgan fingerprint density at radius 2 is 2.08 bits per heavy atom. The summed E-state index contributed by atoms with van der Waals surface area (Å²) in [7, 11) is 1.60. The van der Waals surface area contributed by atoms with Crippen LogP contribution in [0, 0.1) is 11.3 Å². The average Bonchev–Trinajstić information content (AvgIpc) is 3.04. The van der Waals surface area contributed by atoms with Crippen LogP contribution in [-0.4, -0.2) is 18.7 Å². The van der Waals surface area contributed by atoms with Crippen LogP contribution in [0.5, 0.6) is 11.5 Å². The fourth-order valence-corrected chi connectivity index (χ4v) is 3.28. The van der Waals surface area contributed by atoms with Gasteiger partial charge in [0.05, 0.1) is 29.5 Å². The second kappa shape index (κ2) is 7.16. The summed E-state index contributed by atoms with van der Waals surface area (Å²) in [5, 5.41) is 10.2. The van der Waals surface area contributed by atoms with Gasteiger partial charge in [0.15, 0.2) is 11.5 Å². The van der Waals surface area contributed by atoms with Crippen LogP contribution in [0.2, 0.25) is 0 Å². The molecular formula is C19H16N2O2S. The maximum absolute atomic E-state index is 9.52. The van der Waals surface area contributed by atoms with Crippen molar-refractivity contribution in [3.05, 3.63) is 53.0 Å². The molecule has 0 spiro atoms. The number of thiazole rings is 1. The highest BCUT2D eigenvalue weighted by Crippen LogP contribution is 2.31. The number of hydrogen-bond acceptors (Lipinski definition) is 5. The van der Waals surface area contributed by atoms with Crippen LogP contribution in [0.3, 0.4) is 0 Å². The van der Waals surface area contributed by atoms with Gasteiger partial charge in [0.25, 0.3) is 0 Å². The van der Waals surface area contributed by atoms with Crippen molar-refractivity contribution < 1.29 is 9.47 Å². The molecule has 0 aliphatic rings. The molecule has 0 saturated carbocycles. The zero-order valence-corrected chi connectivity index (χ0v) is 14.3. The zero-order chi connectivity index (χ0) is 16.9. The minimum atomic E-state index is 0.530. The van der Waals surface area contributed by atoms with Gasteiger partial charge in [-0.2, -0.15) is 5.26 Å². The molecule has 0 radical (unpaired) electrons. The minimum Gasteiger partial charge on any atom is -0.493 e. The van der Waals surface area contributed by atoms with Crippen LogP contribution in [0.25, 0.3) is 21.9 Å². The van der Waals surface area contributed by atoms with Gasteiger partial charge < -0.3 is 9.47 Å². The molecule has 120 valence electrons. The van der Waals surface area contributed by atoms with Crippen molar-refractivity contribution in [3.8, 4) is 17.6 Å². The van der Waals surface area contributed by atoms with Crippen LogP contribution in [0.1, 0.15) is 17.5 Å². The van der Waals surface area contributed by atoms with E-state index in [4.69, 9.17) is 9.47 Å². The number of benzene rings is 2.